The number of hydrogen-bond donors (Lipinski definition) is 2. The van der Waals surface area contributed by atoms with E-state index in [-0.39, 0.29) is 18.4 Å². The summed E-state index contributed by atoms with van der Waals surface area (Å²) in [5.41, 5.74) is 7.17. The first-order valence-corrected chi connectivity index (χ1v) is 11.4. The number of nitrogens with zero attached hydrogens (tertiary/aromatic N) is 2. The van der Waals surface area contributed by atoms with Gasteiger partial charge in [-0.1, -0.05) is 24.3 Å². The third-order valence-electron chi connectivity index (χ3n) is 6.67. The van der Waals surface area contributed by atoms with Gasteiger partial charge in [-0.3, -0.25) is 9.36 Å². The summed E-state index contributed by atoms with van der Waals surface area (Å²) in [5.74, 6) is 1.62. The number of aromatic nitrogens is 2. The Morgan fingerprint density at radius 2 is 1.97 bits per heavy atom. The van der Waals surface area contributed by atoms with Gasteiger partial charge < -0.3 is 19.9 Å². The zero-order valence-corrected chi connectivity index (χ0v) is 19.0. The van der Waals surface area contributed by atoms with Crippen molar-refractivity contribution >= 4 is 22.7 Å². The number of hydrogen-bond acceptors (Lipinski definition) is 5. The number of aryl methyl sites for hydroxylation is 2. The standard InChI is InChI=1S/C27H25N3O4/c1-15-6-9-23-21(10-15)28-16(2)30(23)24-5-3-4-20-22(14-34-27(20)24)29-18-7-8-19-17(11-26(31)32)13-33-25(19)12-18/h3-10,12,17,22,29H,11,13-14H2,1-2H3,(H,31,32). The van der Waals surface area contributed by atoms with Crippen LogP contribution in [0.5, 0.6) is 11.5 Å². The molecular formula is C27H25N3O4. The lowest BCUT2D eigenvalue weighted by atomic mass is 9.97. The van der Waals surface area contributed by atoms with Gasteiger partial charge in [0.2, 0.25) is 0 Å². The number of ether oxygens (including phenoxy) is 2. The highest BCUT2D eigenvalue weighted by atomic mass is 16.5. The molecule has 0 bridgehead atoms. The molecule has 2 N–H and O–H groups in total. The number of imidazole rings is 1. The van der Waals surface area contributed by atoms with Gasteiger partial charge in [-0.25, -0.2) is 4.98 Å². The van der Waals surface area contributed by atoms with Crippen LogP contribution in [0.2, 0.25) is 0 Å². The molecule has 0 fully saturated rings. The fourth-order valence-corrected chi connectivity index (χ4v) is 5.09. The second-order valence-corrected chi connectivity index (χ2v) is 9.05. The van der Waals surface area contributed by atoms with Crippen molar-refractivity contribution in [2.24, 2.45) is 0 Å². The molecule has 2 aliphatic rings. The van der Waals surface area contributed by atoms with Crippen molar-refractivity contribution < 1.29 is 19.4 Å². The van der Waals surface area contributed by atoms with Gasteiger partial charge >= 0.3 is 5.97 Å². The topological polar surface area (TPSA) is 85.6 Å². The summed E-state index contributed by atoms with van der Waals surface area (Å²) in [4.78, 5) is 15.9. The maximum absolute atomic E-state index is 11.1. The Bertz CT molecular complexity index is 1440. The highest BCUT2D eigenvalue weighted by Crippen LogP contribution is 2.42. The zero-order chi connectivity index (χ0) is 23.4. The van der Waals surface area contributed by atoms with Crippen LogP contribution in [0.3, 0.4) is 0 Å². The summed E-state index contributed by atoms with van der Waals surface area (Å²) < 4.78 is 14.1. The SMILES string of the molecule is Cc1ccc2c(c1)nc(C)n2-c1cccc2c1OCC2Nc1ccc2c(c1)OCC2CC(=O)O. The van der Waals surface area contributed by atoms with Crippen molar-refractivity contribution in [3.63, 3.8) is 0 Å². The first-order valence-electron chi connectivity index (χ1n) is 11.4. The Labute approximate surface area is 197 Å². The van der Waals surface area contributed by atoms with Crippen molar-refractivity contribution in [1.29, 1.82) is 0 Å². The summed E-state index contributed by atoms with van der Waals surface area (Å²) >= 11 is 0. The van der Waals surface area contributed by atoms with Crippen LogP contribution in [-0.2, 0) is 4.79 Å². The van der Waals surface area contributed by atoms with Crippen LogP contribution in [0, 0.1) is 13.8 Å². The Morgan fingerprint density at radius 1 is 1.09 bits per heavy atom. The predicted molar refractivity (Wildman–Crippen MR) is 129 cm³/mol. The lowest BCUT2D eigenvalue weighted by Gasteiger charge is -2.15. The zero-order valence-electron chi connectivity index (χ0n) is 19.0. The predicted octanol–water partition coefficient (Wildman–Crippen LogP) is 5.14. The van der Waals surface area contributed by atoms with E-state index in [1.807, 2.05) is 25.1 Å². The number of carbonyl (C=O) groups is 1. The molecule has 7 heteroatoms. The van der Waals surface area contributed by atoms with Crippen LogP contribution >= 0.6 is 0 Å². The van der Waals surface area contributed by atoms with Crippen LogP contribution in [0.1, 0.15) is 40.9 Å². The molecule has 0 spiro atoms. The molecule has 172 valence electrons. The van der Waals surface area contributed by atoms with Gasteiger partial charge in [0.05, 0.1) is 35.8 Å². The highest BCUT2D eigenvalue weighted by molar-refractivity contribution is 5.80. The van der Waals surface area contributed by atoms with Crippen LogP contribution < -0.4 is 14.8 Å². The molecule has 0 saturated heterocycles. The lowest BCUT2D eigenvalue weighted by molar-refractivity contribution is -0.137. The molecule has 0 aliphatic carbocycles. The van der Waals surface area contributed by atoms with Crippen LogP contribution in [0.25, 0.3) is 16.7 Å². The Hall–Kier alpha value is -4.00. The lowest BCUT2D eigenvalue weighted by Crippen LogP contribution is -2.11. The molecule has 7 nitrogen and oxygen atoms in total. The Balaban J connectivity index is 1.31. The van der Waals surface area contributed by atoms with Gasteiger partial charge in [0, 0.05) is 28.8 Å². The molecule has 2 atom stereocenters. The minimum atomic E-state index is -0.810. The highest BCUT2D eigenvalue weighted by Gasteiger charge is 2.30. The minimum absolute atomic E-state index is 0.0124. The first kappa shape index (κ1) is 20.6. The third-order valence-corrected chi connectivity index (χ3v) is 6.67. The van der Waals surface area contributed by atoms with E-state index in [0.29, 0.717) is 13.2 Å². The Morgan fingerprint density at radius 3 is 2.82 bits per heavy atom. The quantitative estimate of drug-likeness (QED) is 0.434. The van der Waals surface area contributed by atoms with Crippen molar-refractivity contribution in [2.45, 2.75) is 32.2 Å². The third kappa shape index (κ3) is 3.36. The molecule has 0 saturated carbocycles. The van der Waals surface area contributed by atoms with Crippen molar-refractivity contribution in [1.82, 2.24) is 9.55 Å². The molecule has 2 unspecified atom stereocenters. The second-order valence-electron chi connectivity index (χ2n) is 9.05. The van der Waals surface area contributed by atoms with Crippen LogP contribution in [-0.4, -0.2) is 33.8 Å². The number of para-hydroxylation sites is 1. The number of benzene rings is 3. The van der Waals surface area contributed by atoms with E-state index in [0.717, 1.165) is 50.9 Å². The second kappa shape index (κ2) is 7.80. The van der Waals surface area contributed by atoms with Gasteiger partial charge in [0.1, 0.15) is 23.9 Å². The monoisotopic (exact) mass is 455 g/mol. The smallest absolute Gasteiger partial charge is 0.304 e. The molecular weight excluding hydrogens is 430 g/mol. The number of nitrogens with one attached hydrogen (secondary N) is 1. The van der Waals surface area contributed by atoms with E-state index in [2.05, 4.69) is 53.2 Å². The fraction of sp³-hybridized carbons (Fsp3) is 0.259. The first-order chi connectivity index (χ1) is 16.5. The van der Waals surface area contributed by atoms with Gasteiger partial charge in [-0.15, -0.1) is 0 Å². The van der Waals surface area contributed by atoms with Crippen LogP contribution in [0.15, 0.2) is 54.6 Å². The summed E-state index contributed by atoms with van der Waals surface area (Å²) in [6.45, 7) is 5.00. The van der Waals surface area contributed by atoms with Crippen molar-refractivity contribution in [3.05, 3.63) is 77.1 Å². The average Bonchev–Trinajstić information content (AvgIpc) is 3.48. The van der Waals surface area contributed by atoms with E-state index >= 15 is 0 Å². The normalized spacial score (nSPS) is 18.3. The molecule has 34 heavy (non-hydrogen) atoms. The maximum atomic E-state index is 11.1. The average molecular weight is 456 g/mol. The summed E-state index contributed by atoms with van der Waals surface area (Å²) in [6, 6.07) is 18.4. The molecule has 4 aromatic rings. The molecule has 0 radical (unpaired) electrons. The number of aliphatic carboxylic acids is 1. The van der Waals surface area contributed by atoms with E-state index < -0.39 is 5.97 Å². The van der Waals surface area contributed by atoms with Crippen LogP contribution in [0.4, 0.5) is 5.69 Å². The van der Waals surface area contributed by atoms with Crippen molar-refractivity contribution in [2.75, 3.05) is 18.5 Å². The van der Waals surface area contributed by atoms with E-state index in [1.165, 1.54) is 5.56 Å². The number of carboxylic acids is 1. The molecule has 0 amide bonds. The van der Waals surface area contributed by atoms with Gasteiger partial charge in [-0.2, -0.15) is 0 Å². The van der Waals surface area contributed by atoms with Gasteiger partial charge in [0.15, 0.2) is 0 Å². The van der Waals surface area contributed by atoms with Crippen molar-refractivity contribution in [3.8, 4) is 17.2 Å². The molecule has 3 heterocycles. The maximum Gasteiger partial charge on any atom is 0.304 e. The fourth-order valence-electron chi connectivity index (χ4n) is 5.09. The molecule has 3 aromatic carbocycles. The summed E-state index contributed by atoms with van der Waals surface area (Å²) in [5, 5.41) is 12.7. The van der Waals surface area contributed by atoms with E-state index in [9.17, 15) is 4.79 Å². The summed E-state index contributed by atoms with van der Waals surface area (Å²) in [7, 11) is 0. The minimum Gasteiger partial charge on any atom is -0.493 e. The van der Waals surface area contributed by atoms with Gasteiger partial charge in [0.25, 0.3) is 0 Å². The number of anilines is 1. The van der Waals surface area contributed by atoms with E-state index in [1.54, 1.807) is 0 Å². The largest absolute Gasteiger partial charge is 0.493 e. The van der Waals surface area contributed by atoms with E-state index in [4.69, 9.17) is 19.6 Å². The number of carboxylic acid groups (broad SMARTS) is 1. The van der Waals surface area contributed by atoms with Gasteiger partial charge in [-0.05, 0) is 43.7 Å². The summed E-state index contributed by atoms with van der Waals surface area (Å²) in [6.07, 6.45) is 0.0777. The molecule has 2 aliphatic heterocycles. The molecule has 6 rings (SSSR count). The molecule has 1 aromatic heterocycles. The number of rotatable bonds is 5. The number of fused-ring (bicyclic) bond motifs is 3. The Kier molecular flexibility index (Phi) is 4.72.